The van der Waals surface area contributed by atoms with Gasteiger partial charge in [-0.15, -0.1) is 0 Å². The molecule has 4 amide bonds. The summed E-state index contributed by atoms with van der Waals surface area (Å²) in [5.74, 6) is -3.66. The van der Waals surface area contributed by atoms with Crippen molar-refractivity contribution in [3.63, 3.8) is 0 Å². The van der Waals surface area contributed by atoms with Crippen LogP contribution in [0.5, 0.6) is 0 Å². The van der Waals surface area contributed by atoms with Crippen molar-refractivity contribution < 1.29 is 34.3 Å². The summed E-state index contributed by atoms with van der Waals surface area (Å²) in [4.78, 5) is 52.3. The number of nitrogens with two attached hydrogens (primary N) is 2. The van der Waals surface area contributed by atoms with Crippen molar-refractivity contribution in [2.24, 2.45) is 11.5 Å². The average Bonchev–Trinajstić information content (AvgIpc) is 3.10. The molecule has 51 heavy (non-hydrogen) atoms. The lowest BCUT2D eigenvalue weighted by molar-refractivity contribution is -0.135. The number of rotatable bonds is 23. The van der Waals surface area contributed by atoms with Gasteiger partial charge in [-0.3, -0.25) is 19.2 Å². The van der Waals surface area contributed by atoms with Crippen LogP contribution in [0.1, 0.15) is 77.3 Å². The van der Waals surface area contributed by atoms with Gasteiger partial charge in [0.15, 0.2) is 0 Å². The minimum Gasteiger partial charge on any atom is -0.426 e. The first-order valence-electron chi connectivity index (χ1n) is 17.9. The fourth-order valence-corrected chi connectivity index (χ4v) is 5.28. The van der Waals surface area contributed by atoms with Crippen molar-refractivity contribution in [3.8, 4) is 11.1 Å². The maximum absolute atomic E-state index is 13.3. The van der Waals surface area contributed by atoms with Gasteiger partial charge in [-0.25, -0.2) is 0 Å². The number of carbonyl (C=O) groups excluding carboxylic acids is 4. The summed E-state index contributed by atoms with van der Waals surface area (Å²) >= 11 is 0. The number of benzene rings is 2. The van der Waals surface area contributed by atoms with Gasteiger partial charge in [-0.1, -0.05) is 61.9 Å². The Morgan fingerprint density at radius 1 is 0.686 bits per heavy atom. The molecule has 0 radical (unpaired) electrons. The topological polar surface area (TPSA) is 241 Å². The summed E-state index contributed by atoms with van der Waals surface area (Å²) in [6.07, 6.45) is 3.68. The Morgan fingerprint density at radius 3 is 1.80 bits per heavy atom. The van der Waals surface area contributed by atoms with E-state index in [9.17, 15) is 34.3 Å². The number of carbonyl (C=O) groups is 4. The minimum absolute atomic E-state index is 0.192. The van der Waals surface area contributed by atoms with Crippen LogP contribution in [0.2, 0.25) is 0 Å². The van der Waals surface area contributed by atoms with Crippen molar-refractivity contribution in [1.29, 1.82) is 0 Å². The van der Waals surface area contributed by atoms with Crippen LogP contribution in [0.4, 0.5) is 0 Å². The molecule has 0 aromatic heterocycles. The van der Waals surface area contributed by atoms with Crippen molar-refractivity contribution in [1.82, 2.24) is 26.6 Å². The Hall–Kier alpha value is -3.86. The van der Waals surface area contributed by atoms with Crippen LogP contribution in [0.3, 0.4) is 0 Å². The first kappa shape index (κ1) is 43.3. The SMILES string of the molecule is CCCCc1ccc(-c2ccc(CNC(CCN)C(=O)NC(C(=O)NC(C)C(=O)NC(CCCCN)C(=O)NC(C)B(O)O)C(C)O)cc2)cc1. The van der Waals surface area contributed by atoms with Gasteiger partial charge in [-0.2, -0.15) is 0 Å². The minimum atomic E-state index is -1.80. The molecule has 0 bridgehead atoms. The smallest absolute Gasteiger partial charge is 0.426 e. The maximum atomic E-state index is 13.3. The fraction of sp³-hybridized carbons (Fsp3) is 0.556. The maximum Gasteiger partial charge on any atom is 0.475 e. The molecule has 12 N–H and O–H groups in total. The molecule has 282 valence electrons. The third kappa shape index (κ3) is 15.1. The second-order valence-corrected chi connectivity index (χ2v) is 13.0. The first-order chi connectivity index (χ1) is 24.3. The molecule has 0 aliphatic carbocycles. The summed E-state index contributed by atoms with van der Waals surface area (Å²) < 4.78 is 0. The molecule has 2 aromatic rings. The van der Waals surface area contributed by atoms with E-state index in [0.29, 0.717) is 25.9 Å². The van der Waals surface area contributed by atoms with Gasteiger partial charge in [-0.05, 0) is 94.6 Å². The zero-order valence-electron chi connectivity index (χ0n) is 30.4. The Morgan fingerprint density at radius 2 is 1.27 bits per heavy atom. The van der Waals surface area contributed by atoms with Crippen LogP contribution in [-0.4, -0.2) is 95.2 Å². The summed E-state index contributed by atoms with van der Waals surface area (Å²) in [7, 11) is -1.80. The highest BCUT2D eigenvalue weighted by Gasteiger charge is 2.32. The molecule has 2 rings (SSSR count). The van der Waals surface area contributed by atoms with Crippen LogP contribution in [0, 0.1) is 0 Å². The monoisotopic (exact) mass is 711 g/mol. The van der Waals surface area contributed by atoms with Gasteiger partial charge in [0, 0.05) is 6.54 Å². The number of hydrogen-bond acceptors (Lipinski definition) is 10. The Labute approximate surface area is 302 Å². The normalized spacial score (nSPS) is 14.7. The quantitative estimate of drug-likeness (QED) is 0.0547. The van der Waals surface area contributed by atoms with Gasteiger partial charge in [0.05, 0.1) is 18.1 Å². The van der Waals surface area contributed by atoms with E-state index in [1.807, 2.05) is 24.3 Å². The second-order valence-electron chi connectivity index (χ2n) is 13.0. The van der Waals surface area contributed by atoms with Gasteiger partial charge in [0.2, 0.25) is 23.6 Å². The van der Waals surface area contributed by atoms with Crippen molar-refractivity contribution in [2.45, 2.75) is 115 Å². The van der Waals surface area contributed by atoms with E-state index in [-0.39, 0.29) is 19.4 Å². The predicted molar refractivity (Wildman–Crippen MR) is 199 cm³/mol. The zero-order valence-corrected chi connectivity index (χ0v) is 30.4. The van der Waals surface area contributed by atoms with Crippen molar-refractivity contribution >= 4 is 30.7 Å². The van der Waals surface area contributed by atoms with Crippen LogP contribution < -0.4 is 38.1 Å². The molecule has 2 aromatic carbocycles. The lowest BCUT2D eigenvalue weighted by Crippen LogP contribution is -2.60. The molecule has 0 aliphatic rings. The third-order valence-corrected chi connectivity index (χ3v) is 8.60. The highest BCUT2D eigenvalue weighted by Crippen LogP contribution is 2.21. The number of amides is 4. The molecule has 0 fully saturated rings. The average molecular weight is 712 g/mol. The first-order valence-corrected chi connectivity index (χ1v) is 17.9. The Balaban J connectivity index is 2.01. The van der Waals surface area contributed by atoms with E-state index in [1.54, 1.807) is 0 Å². The molecule has 0 saturated heterocycles. The summed E-state index contributed by atoms with van der Waals surface area (Å²) in [5, 5.41) is 42.4. The van der Waals surface area contributed by atoms with E-state index in [2.05, 4.69) is 57.8 Å². The second kappa shape index (κ2) is 22.9. The van der Waals surface area contributed by atoms with Gasteiger partial charge in [0.25, 0.3) is 0 Å². The molecule has 0 aliphatic heterocycles. The van der Waals surface area contributed by atoms with Gasteiger partial charge in [0.1, 0.15) is 18.1 Å². The number of aliphatic hydroxyl groups excluding tert-OH is 1. The fourth-order valence-electron chi connectivity index (χ4n) is 5.28. The third-order valence-electron chi connectivity index (χ3n) is 8.60. The predicted octanol–water partition coefficient (Wildman–Crippen LogP) is 0.00400. The van der Waals surface area contributed by atoms with Gasteiger partial charge < -0.3 is 53.2 Å². The molecule has 0 saturated carbocycles. The number of hydrogen-bond donors (Lipinski definition) is 10. The van der Waals surface area contributed by atoms with Gasteiger partial charge >= 0.3 is 7.12 Å². The summed E-state index contributed by atoms with van der Waals surface area (Å²) in [6, 6.07) is 12.2. The highest BCUT2D eigenvalue weighted by atomic mass is 16.4. The summed E-state index contributed by atoms with van der Waals surface area (Å²) in [5.41, 5.74) is 15.8. The highest BCUT2D eigenvalue weighted by molar-refractivity contribution is 6.43. The van der Waals surface area contributed by atoms with Crippen LogP contribution in [-0.2, 0) is 32.1 Å². The van der Waals surface area contributed by atoms with Crippen LogP contribution >= 0.6 is 0 Å². The molecule has 0 heterocycles. The molecule has 14 nitrogen and oxygen atoms in total. The van der Waals surface area contributed by atoms with E-state index in [1.165, 1.54) is 26.3 Å². The number of aryl methyl sites for hydroxylation is 1. The molecular weight excluding hydrogens is 653 g/mol. The van der Waals surface area contributed by atoms with E-state index in [4.69, 9.17) is 11.5 Å². The van der Waals surface area contributed by atoms with Crippen molar-refractivity contribution in [3.05, 3.63) is 59.7 Å². The molecular formula is C36H58BN7O7. The summed E-state index contributed by atoms with van der Waals surface area (Å²) in [6.45, 7) is 7.25. The largest absolute Gasteiger partial charge is 0.475 e. The Kier molecular flexibility index (Phi) is 19.4. The van der Waals surface area contributed by atoms with Crippen LogP contribution in [0.25, 0.3) is 11.1 Å². The molecule has 15 heteroatoms. The molecule has 0 spiro atoms. The zero-order chi connectivity index (χ0) is 37.9. The molecule has 6 atom stereocenters. The number of nitrogens with one attached hydrogen (secondary N) is 5. The van der Waals surface area contributed by atoms with E-state index < -0.39 is 67.0 Å². The Bertz CT molecular complexity index is 1360. The number of aliphatic hydroxyl groups is 1. The molecule has 6 unspecified atom stereocenters. The van der Waals surface area contributed by atoms with E-state index in [0.717, 1.165) is 36.0 Å². The van der Waals surface area contributed by atoms with Crippen LogP contribution in [0.15, 0.2) is 48.5 Å². The number of unbranched alkanes of at least 4 members (excludes halogenated alkanes) is 2. The van der Waals surface area contributed by atoms with E-state index >= 15 is 0 Å². The lowest BCUT2D eigenvalue weighted by Gasteiger charge is -2.27. The van der Waals surface area contributed by atoms with Crippen molar-refractivity contribution in [2.75, 3.05) is 13.1 Å². The lowest BCUT2D eigenvalue weighted by atomic mass is 9.81. The standard InChI is InChI=1S/C36H58BN7O7/c1-5-6-9-26-11-15-28(16-12-26)29-17-13-27(14-18-29)22-40-30(19-21-39)34(47)44-32(24(3)45)36(49)41-23(2)33(46)43-31(10-7-8-20-38)35(48)42-25(4)37(50)51/h11-18,23-25,30-32,40,45,50-51H,5-10,19-22,38-39H2,1-4H3,(H,41,49)(H,42,48)(H,43,46)(H,44,47).